The summed E-state index contributed by atoms with van der Waals surface area (Å²) < 4.78 is 13.3. The van der Waals surface area contributed by atoms with Crippen LogP contribution in [0, 0.1) is 19.7 Å². The van der Waals surface area contributed by atoms with Crippen LogP contribution in [0.25, 0.3) is 10.9 Å². The number of aryl methyl sites for hydroxylation is 2. The highest BCUT2D eigenvalue weighted by Gasteiger charge is 2.15. The van der Waals surface area contributed by atoms with Crippen LogP contribution in [-0.2, 0) is 13.1 Å². The third kappa shape index (κ3) is 5.45. The molecule has 0 aliphatic heterocycles. The molecule has 3 aromatic rings. The molecule has 0 saturated heterocycles. The Morgan fingerprint density at radius 2 is 1.87 bits per heavy atom. The first kappa shape index (κ1) is 22.0. The van der Waals surface area contributed by atoms with Crippen molar-refractivity contribution in [3.63, 3.8) is 0 Å². The largest absolute Gasteiger partial charge is 0.363 e. The van der Waals surface area contributed by atoms with Crippen LogP contribution in [0.4, 0.5) is 4.39 Å². The van der Waals surface area contributed by atoms with Gasteiger partial charge in [-0.15, -0.1) is 0 Å². The molecule has 0 aliphatic rings. The number of halogens is 1. The number of rotatable bonds is 7. The molecule has 158 valence electrons. The zero-order chi connectivity index (χ0) is 21.7. The molecular formula is C24H28FN3OS. The predicted octanol–water partition coefficient (Wildman–Crippen LogP) is 4.96. The van der Waals surface area contributed by atoms with Crippen molar-refractivity contribution in [2.24, 2.45) is 0 Å². The van der Waals surface area contributed by atoms with E-state index >= 15 is 0 Å². The average Bonchev–Trinajstić information content (AvgIpc) is 2.70. The van der Waals surface area contributed by atoms with Gasteiger partial charge in [0, 0.05) is 29.6 Å². The van der Waals surface area contributed by atoms with E-state index in [4.69, 9.17) is 12.2 Å². The second-order valence-corrected chi connectivity index (χ2v) is 8.12. The average molecular weight is 426 g/mol. The van der Waals surface area contributed by atoms with Crippen molar-refractivity contribution >= 4 is 28.2 Å². The van der Waals surface area contributed by atoms with Crippen LogP contribution < -0.4 is 10.9 Å². The highest BCUT2D eigenvalue weighted by atomic mass is 32.1. The van der Waals surface area contributed by atoms with Gasteiger partial charge in [0.05, 0.1) is 6.54 Å². The van der Waals surface area contributed by atoms with Gasteiger partial charge in [-0.3, -0.25) is 4.79 Å². The van der Waals surface area contributed by atoms with Crippen molar-refractivity contribution in [1.82, 2.24) is 15.2 Å². The maximum Gasteiger partial charge on any atom is 0.253 e. The van der Waals surface area contributed by atoms with Gasteiger partial charge in [0.1, 0.15) is 5.82 Å². The van der Waals surface area contributed by atoms with Gasteiger partial charge in [0.25, 0.3) is 5.56 Å². The van der Waals surface area contributed by atoms with Crippen LogP contribution >= 0.6 is 12.2 Å². The molecule has 2 aromatic carbocycles. The smallest absolute Gasteiger partial charge is 0.253 e. The number of thiocarbonyl (C=S) groups is 1. The maximum absolute atomic E-state index is 13.3. The zero-order valence-corrected chi connectivity index (χ0v) is 18.5. The number of aromatic amines is 1. The maximum atomic E-state index is 13.3. The fourth-order valence-electron chi connectivity index (χ4n) is 3.53. The summed E-state index contributed by atoms with van der Waals surface area (Å²) in [5.41, 5.74) is 4.54. The van der Waals surface area contributed by atoms with Crippen molar-refractivity contribution in [1.29, 1.82) is 0 Å². The van der Waals surface area contributed by atoms with E-state index in [0.29, 0.717) is 23.8 Å². The number of nitrogens with one attached hydrogen (secondary N) is 2. The highest BCUT2D eigenvalue weighted by molar-refractivity contribution is 7.80. The molecule has 6 heteroatoms. The predicted molar refractivity (Wildman–Crippen MR) is 125 cm³/mol. The van der Waals surface area contributed by atoms with Crippen molar-refractivity contribution in [3.05, 3.63) is 80.9 Å². The Hall–Kier alpha value is -2.73. The van der Waals surface area contributed by atoms with Crippen LogP contribution in [0.3, 0.4) is 0 Å². The molecule has 0 radical (unpaired) electrons. The minimum atomic E-state index is -0.273. The third-order valence-electron chi connectivity index (χ3n) is 5.13. The summed E-state index contributed by atoms with van der Waals surface area (Å²) in [4.78, 5) is 17.7. The molecule has 0 spiro atoms. The fourth-order valence-corrected chi connectivity index (χ4v) is 3.76. The van der Waals surface area contributed by atoms with Crippen molar-refractivity contribution in [2.75, 3.05) is 6.54 Å². The van der Waals surface area contributed by atoms with E-state index in [-0.39, 0.29) is 11.4 Å². The summed E-state index contributed by atoms with van der Waals surface area (Å²) >= 11 is 5.62. The SMILES string of the molecule is CCCCNC(=S)N(Cc1ccc(F)cc1)Cc1cc2c(C)cc(C)cc2[nH]c1=O. The summed E-state index contributed by atoms with van der Waals surface area (Å²) in [6.45, 7) is 7.83. The number of hydrogen-bond donors (Lipinski definition) is 2. The summed E-state index contributed by atoms with van der Waals surface area (Å²) in [5, 5.41) is 4.90. The van der Waals surface area contributed by atoms with Gasteiger partial charge in [-0.1, -0.05) is 31.5 Å². The monoisotopic (exact) mass is 425 g/mol. The van der Waals surface area contributed by atoms with E-state index in [0.717, 1.165) is 47.0 Å². The second kappa shape index (κ2) is 9.85. The minimum absolute atomic E-state index is 0.118. The quantitative estimate of drug-likeness (QED) is 0.415. The molecule has 3 rings (SSSR count). The van der Waals surface area contributed by atoms with Crippen LogP contribution in [-0.4, -0.2) is 21.5 Å². The van der Waals surface area contributed by atoms with E-state index in [1.165, 1.54) is 12.1 Å². The number of unbranched alkanes of at least 4 members (excludes halogenated alkanes) is 1. The van der Waals surface area contributed by atoms with Crippen LogP contribution in [0.1, 0.15) is 42.0 Å². The molecule has 4 nitrogen and oxygen atoms in total. The number of nitrogens with zero attached hydrogens (tertiary/aromatic N) is 1. The van der Waals surface area contributed by atoms with Crippen LogP contribution in [0.15, 0.2) is 47.3 Å². The summed E-state index contributed by atoms with van der Waals surface area (Å²) in [5.74, 6) is -0.273. The Kier molecular flexibility index (Phi) is 7.21. The van der Waals surface area contributed by atoms with Gasteiger partial charge in [-0.25, -0.2) is 4.39 Å². The van der Waals surface area contributed by atoms with Gasteiger partial charge < -0.3 is 15.2 Å². The first-order chi connectivity index (χ1) is 14.4. The van der Waals surface area contributed by atoms with E-state index in [1.54, 1.807) is 12.1 Å². The van der Waals surface area contributed by atoms with Gasteiger partial charge in [-0.2, -0.15) is 0 Å². The fraction of sp³-hybridized carbons (Fsp3) is 0.333. The molecule has 2 N–H and O–H groups in total. The highest BCUT2D eigenvalue weighted by Crippen LogP contribution is 2.19. The molecule has 0 aliphatic carbocycles. The van der Waals surface area contributed by atoms with Gasteiger partial charge >= 0.3 is 0 Å². The lowest BCUT2D eigenvalue weighted by atomic mass is 10.0. The van der Waals surface area contributed by atoms with Gasteiger partial charge in [0.2, 0.25) is 0 Å². The molecule has 0 saturated carbocycles. The summed E-state index contributed by atoms with van der Waals surface area (Å²) in [7, 11) is 0. The molecule has 1 aromatic heterocycles. The number of pyridine rings is 1. The molecule has 0 unspecified atom stereocenters. The van der Waals surface area contributed by atoms with E-state index in [9.17, 15) is 9.18 Å². The third-order valence-corrected chi connectivity index (χ3v) is 5.53. The Morgan fingerprint density at radius 3 is 2.57 bits per heavy atom. The number of aromatic nitrogens is 1. The lowest BCUT2D eigenvalue weighted by molar-refractivity contribution is 0.396. The minimum Gasteiger partial charge on any atom is -0.363 e. The summed E-state index contributed by atoms with van der Waals surface area (Å²) in [6.07, 6.45) is 2.08. The van der Waals surface area contributed by atoms with E-state index < -0.39 is 0 Å². The van der Waals surface area contributed by atoms with Crippen molar-refractivity contribution in [2.45, 2.75) is 46.7 Å². The first-order valence-electron chi connectivity index (χ1n) is 10.3. The van der Waals surface area contributed by atoms with Crippen molar-refractivity contribution in [3.8, 4) is 0 Å². The lowest BCUT2D eigenvalue weighted by Crippen LogP contribution is -2.40. The molecular weight excluding hydrogens is 397 g/mol. The Balaban J connectivity index is 1.91. The molecule has 30 heavy (non-hydrogen) atoms. The normalized spacial score (nSPS) is 10.9. The summed E-state index contributed by atoms with van der Waals surface area (Å²) in [6, 6.07) is 12.4. The van der Waals surface area contributed by atoms with E-state index in [1.807, 2.05) is 30.9 Å². The van der Waals surface area contributed by atoms with Gasteiger partial charge in [-0.05, 0) is 73.4 Å². The number of benzene rings is 2. The van der Waals surface area contributed by atoms with Crippen molar-refractivity contribution < 1.29 is 4.39 Å². The zero-order valence-electron chi connectivity index (χ0n) is 17.7. The first-order valence-corrected chi connectivity index (χ1v) is 10.7. The molecule has 0 fully saturated rings. The Bertz CT molecular complexity index is 1090. The van der Waals surface area contributed by atoms with Crippen LogP contribution in [0.5, 0.6) is 0 Å². The second-order valence-electron chi connectivity index (χ2n) is 7.73. The molecule has 0 bridgehead atoms. The molecule has 1 heterocycles. The number of hydrogen-bond acceptors (Lipinski definition) is 2. The Morgan fingerprint density at radius 1 is 1.13 bits per heavy atom. The number of H-pyrrole nitrogens is 1. The van der Waals surface area contributed by atoms with Gasteiger partial charge in [0.15, 0.2) is 5.11 Å². The number of fused-ring (bicyclic) bond motifs is 1. The van der Waals surface area contributed by atoms with Crippen LogP contribution in [0.2, 0.25) is 0 Å². The molecule has 0 atom stereocenters. The molecule has 0 amide bonds. The standard InChI is InChI=1S/C24H28FN3OS/c1-4-5-10-26-24(30)28(14-18-6-8-20(25)9-7-18)15-19-13-21-17(3)11-16(2)12-22(21)27-23(19)29/h6-9,11-13H,4-5,10,14-15H2,1-3H3,(H,26,30)(H,27,29). The lowest BCUT2D eigenvalue weighted by Gasteiger charge is -2.26. The van der Waals surface area contributed by atoms with E-state index in [2.05, 4.69) is 23.3 Å². The Labute approximate surface area is 182 Å². The topological polar surface area (TPSA) is 48.1 Å².